The van der Waals surface area contributed by atoms with E-state index in [9.17, 15) is 9.59 Å². The smallest absolute Gasteiger partial charge is 0.262 e. The van der Waals surface area contributed by atoms with E-state index in [1.165, 1.54) is 27.4 Å². The number of hydrogen-bond donors (Lipinski definition) is 1. The van der Waals surface area contributed by atoms with E-state index in [0.29, 0.717) is 39.8 Å². The normalized spacial score (nSPS) is 12.8. The molecule has 2 aromatic carbocycles. The molecule has 140 valence electrons. The summed E-state index contributed by atoms with van der Waals surface area (Å²) in [5.74, 6) is 1.55. The van der Waals surface area contributed by atoms with E-state index in [0.717, 1.165) is 0 Å². The zero-order valence-corrected chi connectivity index (χ0v) is 15.2. The highest BCUT2D eigenvalue weighted by atomic mass is 16.5. The zero-order valence-electron chi connectivity index (χ0n) is 15.2. The van der Waals surface area contributed by atoms with Crippen molar-refractivity contribution in [2.75, 3.05) is 33.3 Å². The van der Waals surface area contributed by atoms with Crippen LogP contribution in [0.1, 0.15) is 15.9 Å². The van der Waals surface area contributed by atoms with Gasteiger partial charge in [0.1, 0.15) is 5.75 Å². The molecule has 1 aliphatic rings. The van der Waals surface area contributed by atoms with Gasteiger partial charge in [-0.2, -0.15) is 0 Å². The average molecular weight is 369 g/mol. The molecular formula is C20H19NO6. The molecule has 1 amide bonds. The summed E-state index contributed by atoms with van der Waals surface area (Å²) in [6.07, 6.45) is 3.09. The molecule has 1 N–H and O–H groups in total. The average Bonchev–Trinajstić information content (AvgIpc) is 2.70. The van der Waals surface area contributed by atoms with Crippen LogP contribution in [0.25, 0.3) is 6.08 Å². The van der Waals surface area contributed by atoms with Gasteiger partial charge in [-0.25, -0.2) is 0 Å². The Hall–Kier alpha value is -3.48. The molecular weight excluding hydrogens is 350 g/mol. The van der Waals surface area contributed by atoms with Crippen molar-refractivity contribution in [3.05, 3.63) is 47.5 Å². The minimum atomic E-state index is -0.250. The number of carbonyl (C=O) groups is 2. The van der Waals surface area contributed by atoms with Gasteiger partial charge < -0.3 is 24.3 Å². The quantitative estimate of drug-likeness (QED) is 0.623. The maximum absolute atomic E-state index is 12.5. The molecule has 0 bridgehead atoms. The molecule has 2 aromatic rings. The fourth-order valence-corrected chi connectivity index (χ4v) is 2.70. The van der Waals surface area contributed by atoms with Crippen molar-refractivity contribution in [3.63, 3.8) is 0 Å². The first-order valence-electron chi connectivity index (χ1n) is 8.15. The van der Waals surface area contributed by atoms with Crippen LogP contribution >= 0.6 is 0 Å². The lowest BCUT2D eigenvalue weighted by atomic mass is 10.1. The fourth-order valence-electron chi connectivity index (χ4n) is 2.70. The summed E-state index contributed by atoms with van der Waals surface area (Å²) in [5.41, 5.74) is 1.63. The molecule has 0 saturated heterocycles. The first-order valence-corrected chi connectivity index (χ1v) is 8.15. The Morgan fingerprint density at radius 2 is 1.78 bits per heavy atom. The number of allylic oxidation sites excluding steroid dienone is 1. The highest BCUT2D eigenvalue weighted by Crippen LogP contribution is 2.38. The van der Waals surface area contributed by atoms with Gasteiger partial charge in [0.05, 0.1) is 27.0 Å². The summed E-state index contributed by atoms with van der Waals surface area (Å²) in [7, 11) is 4.58. The topological polar surface area (TPSA) is 83.1 Å². The number of methoxy groups -OCH3 is 3. The summed E-state index contributed by atoms with van der Waals surface area (Å²) in [6.45, 7) is -0.0265. The van der Waals surface area contributed by atoms with Crippen molar-refractivity contribution in [1.82, 2.24) is 0 Å². The Balaban J connectivity index is 1.85. The molecule has 0 saturated carbocycles. The Morgan fingerprint density at radius 1 is 1.07 bits per heavy atom. The second kappa shape index (κ2) is 7.82. The van der Waals surface area contributed by atoms with Gasteiger partial charge in [-0.3, -0.25) is 9.59 Å². The van der Waals surface area contributed by atoms with Crippen LogP contribution in [0.5, 0.6) is 23.0 Å². The van der Waals surface area contributed by atoms with Crippen molar-refractivity contribution >= 4 is 23.5 Å². The molecule has 1 heterocycles. The van der Waals surface area contributed by atoms with E-state index in [1.54, 1.807) is 36.4 Å². The summed E-state index contributed by atoms with van der Waals surface area (Å²) in [6, 6.07) is 8.39. The van der Waals surface area contributed by atoms with Crippen LogP contribution in [-0.4, -0.2) is 39.6 Å². The highest BCUT2D eigenvalue weighted by molar-refractivity contribution is 6.08. The summed E-state index contributed by atoms with van der Waals surface area (Å²) in [5, 5.41) is 2.68. The number of ketones is 1. The second-order valence-corrected chi connectivity index (χ2v) is 5.70. The van der Waals surface area contributed by atoms with Gasteiger partial charge in [0.2, 0.25) is 5.75 Å². The molecule has 0 fully saturated rings. The third kappa shape index (κ3) is 3.87. The van der Waals surface area contributed by atoms with E-state index in [-0.39, 0.29) is 18.3 Å². The minimum Gasteiger partial charge on any atom is -0.493 e. The van der Waals surface area contributed by atoms with Crippen molar-refractivity contribution in [1.29, 1.82) is 0 Å². The van der Waals surface area contributed by atoms with E-state index >= 15 is 0 Å². The van der Waals surface area contributed by atoms with Crippen LogP contribution < -0.4 is 24.3 Å². The maximum Gasteiger partial charge on any atom is 0.262 e. The molecule has 7 nitrogen and oxygen atoms in total. The lowest BCUT2D eigenvalue weighted by Gasteiger charge is -2.18. The summed E-state index contributed by atoms with van der Waals surface area (Å²) >= 11 is 0. The number of carbonyl (C=O) groups excluding carboxylic acids is 2. The molecule has 0 spiro atoms. The van der Waals surface area contributed by atoms with Gasteiger partial charge in [-0.05, 0) is 42.0 Å². The Morgan fingerprint density at radius 3 is 2.41 bits per heavy atom. The number of ether oxygens (including phenoxy) is 4. The summed E-state index contributed by atoms with van der Waals surface area (Å²) < 4.78 is 21.2. The van der Waals surface area contributed by atoms with Crippen LogP contribution in [0.15, 0.2) is 36.4 Å². The fraction of sp³-hybridized carbons (Fsp3) is 0.200. The Bertz CT molecular complexity index is 894. The van der Waals surface area contributed by atoms with Gasteiger partial charge in [0.25, 0.3) is 5.91 Å². The first-order chi connectivity index (χ1) is 13.0. The maximum atomic E-state index is 12.5. The Labute approximate surface area is 156 Å². The van der Waals surface area contributed by atoms with E-state index in [4.69, 9.17) is 18.9 Å². The lowest BCUT2D eigenvalue weighted by molar-refractivity contribution is -0.118. The van der Waals surface area contributed by atoms with Crippen molar-refractivity contribution < 1.29 is 28.5 Å². The summed E-state index contributed by atoms with van der Waals surface area (Å²) in [4.78, 5) is 23.9. The molecule has 3 rings (SSSR count). The molecule has 1 aliphatic heterocycles. The molecule has 0 radical (unpaired) electrons. The van der Waals surface area contributed by atoms with Gasteiger partial charge in [-0.1, -0.05) is 6.08 Å². The van der Waals surface area contributed by atoms with Crippen molar-refractivity contribution in [2.24, 2.45) is 0 Å². The van der Waals surface area contributed by atoms with Gasteiger partial charge in [-0.15, -0.1) is 0 Å². The van der Waals surface area contributed by atoms with Crippen LogP contribution in [0.2, 0.25) is 0 Å². The standard InChI is InChI=1S/C20H19NO6/c1-24-17-8-12(9-18(25-2)20(17)26-3)4-6-15(22)13-5-7-16-14(10-13)21-19(23)11-27-16/h4-10H,11H2,1-3H3,(H,21,23). The van der Waals surface area contributed by atoms with Crippen LogP contribution in [0.4, 0.5) is 5.69 Å². The zero-order chi connectivity index (χ0) is 19.4. The number of amides is 1. The van der Waals surface area contributed by atoms with Gasteiger partial charge >= 0.3 is 0 Å². The molecule has 0 aromatic heterocycles. The van der Waals surface area contributed by atoms with Crippen LogP contribution in [0, 0.1) is 0 Å². The van der Waals surface area contributed by atoms with E-state index in [2.05, 4.69) is 5.32 Å². The van der Waals surface area contributed by atoms with Gasteiger partial charge in [0, 0.05) is 5.56 Å². The number of rotatable bonds is 6. The van der Waals surface area contributed by atoms with E-state index < -0.39 is 0 Å². The third-order valence-electron chi connectivity index (χ3n) is 4.01. The second-order valence-electron chi connectivity index (χ2n) is 5.70. The number of hydrogen-bond acceptors (Lipinski definition) is 6. The molecule has 0 aliphatic carbocycles. The van der Waals surface area contributed by atoms with Crippen LogP contribution in [-0.2, 0) is 4.79 Å². The molecule has 0 atom stereocenters. The number of fused-ring (bicyclic) bond motifs is 1. The van der Waals surface area contributed by atoms with E-state index in [1.807, 2.05) is 0 Å². The van der Waals surface area contributed by atoms with Crippen molar-refractivity contribution in [2.45, 2.75) is 0 Å². The molecule has 27 heavy (non-hydrogen) atoms. The van der Waals surface area contributed by atoms with Crippen LogP contribution in [0.3, 0.4) is 0 Å². The predicted molar refractivity (Wildman–Crippen MR) is 100 cm³/mol. The Kier molecular flexibility index (Phi) is 5.30. The highest BCUT2D eigenvalue weighted by Gasteiger charge is 2.17. The van der Waals surface area contributed by atoms with Gasteiger partial charge in [0.15, 0.2) is 23.9 Å². The number of anilines is 1. The minimum absolute atomic E-state index is 0.0265. The van der Waals surface area contributed by atoms with Crippen molar-refractivity contribution in [3.8, 4) is 23.0 Å². The molecule has 0 unspecified atom stereocenters. The predicted octanol–water partition coefficient (Wildman–Crippen LogP) is 2.94. The monoisotopic (exact) mass is 369 g/mol. The molecule has 7 heteroatoms. The number of nitrogens with one attached hydrogen (secondary N) is 1. The third-order valence-corrected chi connectivity index (χ3v) is 4.01. The largest absolute Gasteiger partial charge is 0.493 e. The first kappa shape index (κ1) is 18.3. The lowest BCUT2D eigenvalue weighted by Crippen LogP contribution is -2.25. The number of benzene rings is 2. The SMILES string of the molecule is COc1cc(C=CC(=O)c2ccc3c(c2)NC(=O)CO3)cc(OC)c1OC.